The van der Waals surface area contributed by atoms with Crippen molar-refractivity contribution >= 4 is 54.7 Å². The van der Waals surface area contributed by atoms with Gasteiger partial charge in [0.25, 0.3) is 5.79 Å². The van der Waals surface area contributed by atoms with Crippen LogP contribution < -0.4 is 4.74 Å². The van der Waals surface area contributed by atoms with Gasteiger partial charge in [-0.15, -0.1) is 0 Å². The number of aromatic nitrogens is 1. The molecule has 3 aromatic carbocycles. The molecule has 37 heavy (non-hydrogen) atoms. The van der Waals surface area contributed by atoms with Crippen molar-refractivity contribution in [2.24, 2.45) is 5.92 Å². The molecule has 0 spiro atoms. The summed E-state index contributed by atoms with van der Waals surface area (Å²) in [6.07, 6.45) is 1.83. The maximum absolute atomic E-state index is 13.2. The molecule has 1 saturated heterocycles. The topological polar surface area (TPSA) is 77.6 Å². The molecule has 0 amide bonds. The highest BCUT2D eigenvalue weighted by Crippen LogP contribution is 2.44. The molecule has 190 valence electrons. The fraction of sp³-hybridized carbons (Fsp3) is 0.241. The second-order valence-electron chi connectivity index (χ2n) is 9.57. The molecule has 1 N–H and O–H groups in total. The van der Waals surface area contributed by atoms with Crippen molar-refractivity contribution in [3.8, 4) is 5.75 Å². The zero-order chi connectivity index (χ0) is 26.3. The van der Waals surface area contributed by atoms with E-state index in [0.29, 0.717) is 21.3 Å². The third kappa shape index (κ3) is 5.18. The monoisotopic (exact) mass is 625 g/mol. The summed E-state index contributed by atoms with van der Waals surface area (Å²) in [4.78, 5) is 29.7. The van der Waals surface area contributed by atoms with Crippen LogP contribution in [0, 0.1) is 12.8 Å². The van der Waals surface area contributed by atoms with E-state index < -0.39 is 29.6 Å². The average Bonchev–Trinajstić information content (AvgIpc) is 3.25. The van der Waals surface area contributed by atoms with E-state index in [1.165, 1.54) is 5.56 Å². The molecule has 5 rings (SSSR count). The van der Waals surface area contributed by atoms with Gasteiger partial charge in [0.2, 0.25) is 0 Å². The number of carbonyl (C=O) groups excluding carboxylic acids is 2. The number of esters is 2. The van der Waals surface area contributed by atoms with Gasteiger partial charge in [0.15, 0.2) is 5.92 Å². The molecular formula is C29H25Br2NO5. The Hall–Kier alpha value is -3.10. The van der Waals surface area contributed by atoms with E-state index in [0.717, 1.165) is 27.6 Å². The van der Waals surface area contributed by atoms with Crippen LogP contribution in [-0.2, 0) is 25.7 Å². The number of aromatic amines is 1. The number of hydrogen-bond donors (Lipinski definition) is 1. The van der Waals surface area contributed by atoms with Crippen LogP contribution in [0.15, 0.2) is 75.8 Å². The van der Waals surface area contributed by atoms with E-state index in [1.807, 2.05) is 73.8 Å². The second kappa shape index (κ2) is 9.99. The summed E-state index contributed by atoms with van der Waals surface area (Å²) in [5, 5.41) is 0.907. The van der Waals surface area contributed by atoms with Crippen molar-refractivity contribution in [1.82, 2.24) is 4.98 Å². The SMILES string of the molecule is Cc1ccc(COc2c(Br)cc([C@@H](c3c[nH]c4ccccc34)C3C(=O)OC(C)(C)OC3=O)cc2Br)cc1. The van der Waals surface area contributed by atoms with Crippen molar-refractivity contribution in [1.29, 1.82) is 0 Å². The largest absolute Gasteiger partial charge is 0.487 e. The molecule has 0 unspecified atom stereocenters. The molecule has 0 saturated carbocycles. The fourth-order valence-corrected chi connectivity index (χ4v) is 6.09. The Morgan fingerprint density at radius 2 is 1.59 bits per heavy atom. The zero-order valence-corrected chi connectivity index (χ0v) is 23.7. The van der Waals surface area contributed by atoms with Gasteiger partial charge in [-0.1, -0.05) is 48.0 Å². The molecule has 8 heteroatoms. The van der Waals surface area contributed by atoms with E-state index in [-0.39, 0.29) is 0 Å². The van der Waals surface area contributed by atoms with Crippen molar-refractivity contribution in [2.45, 2.75) is 39.1 Å². The Kier molecular flexibility index (Phi) is 6.89. The molecule has 1 aromatic heterocycles. The van der Waals surface area contributed by atoms with E-state index in [1.54, 1.807) is 13.8 Å². The number of halogens is 2. The zero-order valence-electron chi connectivity index (χ0n) is 20.5. The van der Waals surface area contributed by atoms with Gasteiger partial charge < -0.3 is 19.2 Å². The summed E-state index contributed by atoms with van der Waals surface area (Å²) in [6, 6.07) is 19.7. The van der Waals surface area contributed by atoms with Crippen LogP contribution >= 0.6 is 31.9 Å². The summed E-state index contributed by atoms with van der Waals surface area (Å²) in [5.41, 5.74) is 4.64. The van der Waals surface area contributed by atoms with Crippen LogP contribution in [0.3, 0.4) is 0 Å². The normalized spacial score (nSPS) is 16.4. The first-order valence-corrected chi connectivity index (χ1v) is 13.4. The molecule has 1 fully saturated rings. The number of ether oxygens (including phenoxy) is 3. The Morgan fingerprint density at radius 3 is 2.24 bits per heavy atom. The molecule has 4 aromatic rings. The van der Waals surface area contributed by atoms with Gasteiger partial charge in [-0.25, -0.2) is 0 Å². The Balaban J connectivity index is 1.56. The predicted octanol–water partition coefficient (Wildman–Crippen LogP) is 7.16. The Morgan fingerprint density at radius 1 is 0.973 bits per heavy atom. The number of benzene rings is 3. The molecule has 0 bridgehead atoms. The number of carbonyl (C=O) groups is 2. The molecule has 2 heterocycles. The number of rotatable bonds is 6. The van der Waals surface area contributed by atoms with Gasteiger partial charge in [0, 0.05) is 36.9 Å². The minimum absolute atomic E-state index is 0.388. The van der Waals surface area contributed by atoms with Crippen LogP contribution in [0.1, 0.15) is 42.0 Å². The number of nitrogens with one attached hydrogen (secondary N) is 1. The maximum Gasteiger partial charge on any atom is 0.324 e. The molecule has 1 atom stereocenters. The first-order valence-electron chi connectivity index (χ1n) is 11.8. The van der Waals surface area contributed by atoms with E-state index in [4.69, 9.17) is 14.2 Å². The van der Waals surface area contributed by atoms with Crippen molar-refractivity contribution < 1.29 is 23.8 Å². The van der Waals surface area contributed by atoms with Gasteiger partial charge in [-0.3, -0.25) is 9.59 Å². The number of cyclic esters (lactones) is 2. The molecule has 0 radical (unpaired) electrons. The van der Waals surface area contributed by atoms with Crippen LogP contribution in [0.2, 0.25) is 0 Å². The van der Waals surface area contributed by atoms with Gasteiger partial charge >= 0.3 is 11.9 Å². The van der Waals surface area contributed by atoms with Gasteiger partial charge in [-0.2, -0.15) is 0 Å². The number of aryl methyl sites for hydroxylation is 1. The smallest absolute Gasteiger partial charge is 0.324 e. The number of H-pyrrole nitrogens is 1. The second-order valence-corrected chi connectivity index (χ2v) is 11.3. The minimum atomic E-state index is -1.32. The van der Waals surface area contributed by atoms with Crippen molar-refractivity contribution in [2.75, 3.05) is 0 Å². The number of hydrogen-bond acceptors (Lipinski definition) is 5. The lowest BCUT2D eigenvalue weighted by molar-refractivity contribution is -0.240. The minimum Gasteiger partial charge on any atom is -0.487 e. The highest BCUT2D eigenvalue weighted by molar-refractivity contribution is 9.11. The average molecular weight is 627 g/mol. The van der Waals surface area contributed by atoms with E-state index >= 15 is 0 Å². The third-order valence-corrected chi connectivity index (χ3v) is 7.55. The standard InChI is InChI=1S/C29H25Br2NO5/c1-16-8-10-17(11-9-16)15-35-26-21(30)12-18(13-22(26)31)24(20-14-32-23-7-5-4-6-19(20)23)25-27(33)36-29(2,3)37-28(25)34/h4-14,24-25,32H,15H2,1-3H3/t24-/m0/s1. The molecule has 1 aliphatic rings. The lowest BCUT2D eigenvalue weighted by Gasteiger charge is -2.36. The van der Waals surface area contributed by atoms with Crippen LogP contribution in [0.4, 0.5) is 0 Å². The Bertz CT molecular complexity index is 1450. The number of para-hydroxylation sites is 1. The quantitative estimate of drug-likeness (QED) is 0.181. The summed E-state index contributed by atoms with van der Waals surface area (Å²) in [5.74, 6) is -3.77. The van der Waals surface area contributed by atoms with Gasteiger partial charge in [-0.05, 0) is 73.7 Å². The van der Waals surface area contributed by atoms with Gasteiger partial charge in [0.05, 0.1) is 8.95 Å². The highest BCUT2D eigenvalue weighted by Gasteiger charge is 2.48. The van der Waals surface area contributed by atoms with Crippen LogP contribution in [0.5, 0.6) is 5.75 Å². The maximum atomic E-state index is 13.2. The van der Waals surface area contributed by atoms with Crippen molar-refractivity contribution in [3.63, 3.8) is 0 Å². The predicted molar refractivity (Wildman–Crippen MR) is 147 cm³/mol. The van der Waals surface area contributed by atoms with Crippen molar-refractivity contribution in [3.05, 3.63) is 98.1 Å². The van der Waals surface area contributed by atoms with Crippen LogP contribution in [0.25, 0.3) is 10.9 Å². The van der Waals surface area contributed by atoms with Crippen LogP contribution in [-0.4, -0.2) is 22.7 Å². The van der Waals surface area contributed by atoms with E-state index in [9.17, 15) is 9.59 Å². The number of fused-ring (bicyclic) bond motifs is 1. The molecule has 1 aliphatic heterocycles. The summed E-state index contributed by atoms with van der Waals surface area (Å²) >= 11 is 7.28. The van der Waals surface area contributed by atoms with Gasteiger partial charge in [0.1, 0.15) is 12.4 Å². The summed E-state index contributed by atoms with van der Waals surface area (Å²) < 4.78 is 18.5. The lowest BCUT2D eigenvalue weighted by atomic mass is 9.80. The first kappa shape index (κ1) is 25.5. The first-order chi connectivity index (χ1) is 17.6. The summed E-state index contributed by atoms with van der Waals surface area (Å²) in [7, 11) is 0. The fourth-order valence-electron chi connectivity index (χ4n) is 4.64. The van der Waals surface area contributed by atoms with E-state index in [2.05, 4.69) is 36.8 Å². The summed E-state index contributed by atoms with van der Waals surface area (Å²) in [6.45, 7) is 5.53. The lowest BCUT2D eigenvalue weighted by Crippen LogP contribution is -2.48. The molecule has 6 nitrogen and oxygen atoms in total. The highest BCUT2D eigenvalue weighted by atomic mass is 79.9. The molecular weight excluding hydrogens is 602 g/mol. The molecule has 0 aliphatic carbocycles. The third-order valence-electron chi connectivity index (χ3n) is 6.37. The Labute approximate surface area is 231 Å².